The van der Waals surface area contributed by atoms with Gasteiger partial charge in [0.05, 0.1) is 0 Å². The van der Waals surface area contributed by atoms with Crippen LogP contribution >= 0.6 is 0 Å². The van der Waals surface area contributed by atoms with Crippen LogP contribution in [0.3, 0.4) is 0 Å². The average molecular weight is 235 g/mol. The van der Waals surface area contributed by atoms with Gasteiger partial charge >= 0.3 is 0 Å². The van der Waals surface area contributed by atoms with Gasteiger partial charge in [0.25, 0.3) is 0 Å². The van der Waals surface area contributed by atoms with Crippen LogP contribution in [0.2, 0.25) is 0 Å². The van der Waals surface area contributed by atoms with Crippen molar-refractivity contribution in [3.05, 3.63) is 29.8 Å². The maximum Gasteiger partial charge on any atom is 0.128 e. The van der Waals surface area contributed by atoms with Gasteiger partial charge in [0.2, 0.25) is 0 Å². The Bertz CT molecular complexity index is 378. The molecule has 1 aromatic rings. The fraction of sp³-hybridized carbons (Fsp3) is 0.571. The molecule has 0 bridgehead atoms. The van der Waals surface area contributed by atoms with E-state index in [0.717, 1.165) is 12.2 Å². The van der Waals surface area contributed by atoms with Crippen molar-refractivity contribution in [2.75, 3.05) is 7.11 Å². The number of rotatable bonds is 4. The number of ether oxygens (including phenoxy) is 2. The van der Waals surface area contributed by atoms with E-state index >= 15 is 0 Å². The summed E-state index contributed by atoms with van der Waals surface area (Å²) in [7, 11) is 1.69. The van der Waals surface area contributed by atoms with Gasteiger partial charge in [-0.1, -0.05) is 32.0 Å². The standard InChI is InChI=1S/C14H21NO2/c1-9(2)10-6-4-5-7-12(10)17-13-8-11(15)14(13)16-3/h4-7,9,11,13-14H,8,15H2,1-3H3. The molecule has 0 aromatic heterocycles. The Morgan fingerprint density at radius 2 is 2.00 bits per heavy atom. The second kappa shape index (κ2) is 5.07. The Morgan fingerprint density at radius 1 is 1.29 bits per heavy atom. The summed E-state index contributed by atoms with van der Waals surface area (Å²) in [6, 6.07) is 8.28. The number of hydrogen-bond donors (Lipinski definition) is 1. The van der Waals surface area contributed by atoms with Gasteiger partial charge in [0.1, 0.15) is 18.0 Å². The summed E-state index contributed by atoms with van der Waals surface area (Å²) in [4.78, 5) is 0. The van der Waals surface area contributed by atoms with Gasteiger partial charge in [0, 0.05) is 19.6 Å². The second-order valence-corrected chi connectivity index (χ2v) is 4.95. The smallest absolute Gasteiger partial charge is 0.128 e. The minimum Gasteiger partial charge on any atom is -0.487 e. The molecule has 2 N–H and O–H groups in total. The van der Waals surface area contributed by atoms with Crippen molar-refractivity contribution in [2.24, 2.45) is 5.73 Å². The van der Waals surface area contributed by atoms with E-state index in [4.69, 9.17) is 15.2 Å². The summed E-state index contributed by atoms with van der Waals surface area (Å²) < 4.78 is 11.3. The van der Waals surface area contributed by atoms with Crippen LogP contribution in [0.4, 0.5) is 0 Å². The van der Waals surface area contributed by atoms with E-state index in [0.29, 0.717) is 5.92 Å². The molecule has 0 amide bonds. The van der Waals surface area contributed by atoms with E-state index in [1.165, 1.54) is 5.56 Å². The minimum absolute atomic E-state index is 0.0234. The highest BCUT2D eigenvalue weighted by Crippen LogP contribution is 2.32. The zero-order valence-electron chi connectivity index (χ0n) is 10.7. The highest BCUT2D eigenvalue weighted by molar-refractivity contribution is 5.36. The van der Waals surface area contributed by atoms with Crippen LogP contribution in [0.1, 0.15) is 31.7 Å². The van der Waals surface area contributed by atoms with Gasteiger partial charge < -0.3 is 15.2 Å². The largest absolute Gasteiger partial charge is 0.487 e. The Hall–Kier alpha value is -1.06. The Balaban J connectivity index is 2.09. The number of benzene rings is 1. The molecule has 17 heavy (non-hydrogen) atoms. The number of hydrogen-bond acceptors (Lipinski definition) is 3. The molecule has 0 heterocycles. The van der Waals surface area contributed by atoms with Crippen molar-refractivity contribution in [3.63, 3.8) is 0 Å². The number of para-hydroxylation sites is 1. The monoisotopic (exact) mass is 235 g/mol. The lowest BCUT2D eigenvalue weighted by atomic mass is 9.86. The third-order valence-electron chi connectivity index (χ3n) is 3.38. The quantitative estimate of drug-likeness (QED) is 0.871. The first-order valence-electron chi connectivity index (χ1n) is 6.17. The van der Waals surface area contributed by atoms with Crippen molar-refractivity contribution < 1.29 is 9.47 Å². The van der Waals surface area contributed by atoms with E-state index in [1.807, 2.05) is 18.2 Å². The molecule has 0 spiro atoms. The van der Waals surface area contributed by atoms with Gasteiger partial charge in [-0.15, -0.1) is 0 Å². The van der Waals surface area contributed by atoms with Gasteiger partial charge in [-0.25, -0.2) is 0 Å². The first-order chi connectivity index (χ1) is 8.13. The van der Waals surface area contributed by atoms with Gasteiger partial charge in [-0.3, -0.25) is 0 Å². The lowest BCUT2D eigenvalue weighted by Crippen LogP contribution is -2.59. The molecule has 3 nitrogen and oxygen atoms in total. The number of methoxy groups -OCH3 is 1. The third-order valence-corrected chi connectivity index (χ3v) is 3.38. The zero-order valence-corrected chi connectivity index (χ0v) is 10.7. The van der Waals surface area contributed by atoms with Crippen molar-refractivity contribution in [3.8, 4) is 5.75 Å². The molecular weight excluding hydrogens is 214 g/mol. The first-order valence-corrected chi connectivity index (χ1v) is 6.17. The van der Waals surface area contributed by atoms with Crippen LogP contribution in [-0.2, 0) is 4.74 Å². The molecule has 1 fully saturated rings. The molecule has 94 valence electrons. The summed E-state index contributed by atoms with van der Waals surface area (Å²) in [5, 5.41) is 0. The molecule has 3 atom stereocenters. The number of nitrogens with two attached hydrogens (primary N) is 1. The molecule has 0 saturated heterocycles. The van der Waals surface area contributed by atoms with Crippen molar-refractivity contribution in [1.29, 1.82) is 0 Å². The maximum atomic E-state index is 6.01. The highest BCUT2D eigenvalue weighted by atomic mass is 16.5. The Morgan fingerprint density at radius 3 is 2.59 bits per heavy atom. The summed E-state index contributed by atoms with van der Waals surface area (Å²) in [6.45, 7) is 4.34. The fourth-order valence-electron chi connectivity index (χ4n) is 2.29. The zero-order chi connectivity index (χ0) is 12.4. The summed E-state index contributed by atoms with van der Waals surface area (Å²) in [5.41, 5.74) is 7.11. The summed E-state index contributed by atoms with van der Waals surface area (Å²) in [5.74, 6) is 1.42. The Labute approximate surface area is 103 Å². The van der Waals surface area contributed by atoms with E-state index in [9.17, 15) is 0 Å². The van der Waals surface area contributed by atoms with Gasteiger partial charge in [-0.05, 0) is 17.5 Å². The topological polar surface area (TPSA) is 44.5 Å². The van der Waals surface area contributed by atoms with Crippen LogP contribution in [0, 0.1) is 0 Å². The molecule has 1 aliphatic rings. The van der Waals surface area contributed by atoms with Crippen LogP contribution in [-0.4, -0.2) is 25.4 Å². The van der Waals surface area contributed by atoms with Gasteiger partial charge in [0.15, 0.2) is 0 Å². The first kappa shape index (κ1) is 12.4. The van der Waals surface area contributed by atoms with Crippen molar-refractivity contribution >= 4 is 0 Å². The normalized spacial score (nSPS) is 27.9. The van der Waals surface area contributed by atoms with Crippen molar-refractivity contribution in [1.82, 2.24) is 0 Å². The molecular formula is C14H21NO2. The molecule has 3 unspecified atom stereocenters. The van der Waals surface area contributed by atoms with Crippen molar-refractivity contribution in [2.45, 2.75) is 44.4 Å². The van der Waals surface area contributed by atoms with E-state index in [1.54, 1.807) is 7.11 Å². The van der Waals surface area contributed by atoms with Crippen LogP contribution in [0.5, 0.6) is 5.75 Å². The average Bonchev–Trinajstić information content (AvgIpc) is 2.29. The lowest BCUT2D eigenvalue weighted by Gasteiger charge is -2.41. The third kappa shape index (κ3) is 2.45. The molecule has 0 radical (unpaired) electrons. The molecule has 0 aliphatic heterocycles. The van der Waals surface area contributed by atoms with Crippen LogP contribution in [0.15, 0.2) is 24.3 Å². The SMILES string of the molecule is COC1C(N)CC1Oc1ccccc1C(C)C. The highest BCUT2D eigenvalue weighted by Gasteiger charge is 2.41. The molecule has 2 rings (SSSR count). The summed E-state index contributed by atoms with van der Waals surface area (Å²) in [6.07, 6.45) is 0.982. The molecule has 1 aliphatic carbocycles. The minimum atomic E-state index is 0.0234. The van der Waals surface area contributed by atoms with E-state index < -0.39 is 0 Å². The molecule has 3 heteroatoms. The van der Waals surface area contributed by atoms with Crippen LogP contribution < -0.4 is 10.5 Å². The second-order valence-electron chi connectivity index (χ2n) is 4.95. The molecule has 1 aromatic carbocycles. The fourth-order valence-corrected chi connectivity index (χ4v) is 2.29. The lowest BCUT2D eigenvalue weighted by molar-refractivity contribution is -0.0785. The van der Waals surface area contributed by atoms with E-state index in [-0.39, 0.29) is 18.2 Å². The van der Waals surface area contributed by atoms with Crippen LogP contribution in [0.25, 0.3) is 0 Å². The predicted octanol–water partition coefficient (Wildman–Crippen LogP) is 2.30. The predicted molar refractivity (Wildman–Crippen MR) is 68.3 cm³/mol. The maximum absolute atomic E-state index is 6.01. The summed E-state index contributed by atoms with van der Waals surface area (Å²) >= 11 is 0. The van der Waals surface area contributed by atoms with E-state index in [2.05, 4.69) is 19.9 Å². The van der Waals surface area contributed by atoms with Gasteiger partial charge in [-0.2, -0.15) is 0 Å². The Kier molecular flexibility index (Phi) is 3.69. The molecule has 1 saturated carbocycles.